The van der Waals surface area contributed by atoms with Gasteiger partial charge in [-0.3, -0.25) is 0 Å². The summed E-state index contributed by atoms with van der Waals surface area (Å²) in [5, 5.41) is 7.62. The molecule has 2 aromatic rings. The number of halogens is 4. The van der Waals surface area contributed by atoms with Crippen LogP contribution in [0.4, 0.5) is 13.2 Å². The van der Waals surface area contributed by atoms with Crippen LogP contribution in [0.3, 0.4) is 0 Å². The third-order valence-electron chi connectivity index (χ3n) is 4.87. The summed E-state index contributed by atoms with van der Waals surface area (Å²) in [6, 6.07) is 0.872. The molecule has 1 saturated carbocycles. The fourth-order valence-corrected chi connectivity index (χ4v) is 5.73. The molecule has 0 amide bonds. The molecule has 1 atom stereocenters. The quantitative estimate of drug-likeness (QED) is 0.546. The number of alkyl halides is 3. The molecule has 1 heterocycles. The number of benzene rings is 1. The van der Waals surface area contributed by atoms with Gasteiger partial charge in [-0.1, -0.05) is 25.4 Å². The van der Waals surface area contributed by atoms with E-state index < -0.39 is 43.8 Å². The third kappa shape index (κ3) is 4.50. The van der Waals surface area contributed by atoms with Crippen LogP contribution in [0.25, 0.3) is 0 Å². The molecule has 3 rings (SSSR count). The lowest BCUT2D eigenvalue weighted by Gasteiger charge is -2.34. The van der Waals surface area contributed by atoms with Crippen LogP contribution in [0.2, 0.25) is 5.02 Å². The van der Waals surface area contributed by atoms with Crippen LogP contribution >= 0.6 is 11.6 Å². The van der Waals surface area contributed by atoms with Crippen molar-refractivity contribution in [3.8, 4) is 0 Å². The lowest BCUT2D eigenvalue weighted by molar-refractivity contribution is -0.137. The van der Waals surface area contributed by atoms with E-state index >= 15 is 0 Å². The van der Waals surface area contributed by atoms with E-state index in [0.29, 0.717) is 18.0 Å². The van der Waals surface area contributed by atoms with E-state index in [9.17, 15) is 21.6 Å². The molecule has 1 aliphatic rings. The smallest absolute Gasteiger partial charge is 0.416 e. The minimum atomic E-state index is -4.63. The predicted molar refractivity (Wildman–Crippen MR) is 104 cm³/mol. The Balaban J connectivity index is 2.06. The van der Waals surface area contributed by atoms with Gasteiger partial charge in [0.25, 0.3) is 0 Å². The average Bonchev–Trinajstić information content (AvgIpc) is 3.35. The van der Waals surface area contributed by atoms with Gasteiger partial charge in [0.15, 0.2) is 0 Å². The number of hydrogen-bond donors (Lipinski definition) is 0. The summed E-state index contributed by atoms with van der Waals surface area (Å²) in [5.41, 5.74) is -1.02. The van der Waals surface area contributed by atoms with Crippen LogP contribution in [-0.2, 0) is 16.2 Å². The van der Waals surface area contributed by atoms with E-state index in [1.807, 2.05) is 13.8 Å². The molecule has 1 aromatic heterocycles. The zero-order chi connectivity index (χ0) is 22.4. The molecule has 1 unspecified atom stereocenters. The maximum atomic E-state index is 13.5. The summed E-state index contributed by atoms with van der Waals surface area (Å²) in [4.78, 5) is -0.404. The van der Waals surface area contributed by atoms with Crippen molar-refractivity contribution in [3.05, 3.63) is 40.6 Å². The van der Waals surface area contributed by atoms with Gasteiger partial charge in [0.2, 0.25) is 21.8 Å². The highest BCUT2D eigenvalue weighted by Crippen LogP contribution is 2.42. The predicted octanol–water partition coefficient (Wildman–Crippen LogP) is 5.42. The summed E-state index contributed by atoms with van der Waals surface area (Å²) < 4.78 is 72.8. The molecule has 0 spiro atoms. The zero-order valence-corrected chi connectivity index (χ0v) is 18.5. The minimum absolute atomic E-state index is 0.159. The second-order valence-electron chi connectivity index (χ2n) is 8.01. The fraction of sp³-hybridized carbons (Fsp3) is 0.579. The number of sulfonamides is 1. The normalized spacial score (nSPS) is 16.6. The first-order valence-corrected chi connectivity index (χ1v) is 11.4. The van der Waals surface area contributed by atoms with Crippen LogP contribution in [0.5, 0.6) is 0 Å². The van der Waals surface area contributed by atoms with Crippen LogP contribution in [0.1, 0.15) is 69.8 Å². The van der Waals surface area contributed by atoms with Crippen LogP contribution in [-0.4, -0.2) is 29.0 Å². The van der Waals surface area contributed by atoms with Gasteiger partial charge in [0.1, 0.15) is 10.9 Å². The topological polar surface area (TPSA) is 76.3 Å². The van der Waals surface area contributed by atoms with Crippen molar-refractivity contribution in [1.82, 2.24) is 14.5 Å². The van der Waals surface area contributed by atoms with E-state index in [2.05, 4.69) is 10.2 Å². The summed E-state index contributed by atoms with van der Waals surface area (Å²) in [5.74, 6) is 0.590. The van der Waals surface area contributed by atoms with E-state index in [0.717, 1.165) is 18.9 Å². The monoisotopic (exact) mass is 465 g/mol. The Hall–Kier alpha value is -1.65. The molecule has 166 valence electrons. The van der Waals surface area contributed by atoms with Gasteiger partial charge in [-0.05, 0) is 50.8 Å². The molecule has 0 saturated heterocycles. The summed E-state index contributed by atoms with van der Waals surface area (Å²) in [6.45, 7) is 6.96. The van der Waals surface area contributed by atoms with Crippen molar-refractivity contribution in [2.75, 3.05) is 0 Å². The molecule has 1 fully saturated rings. The Labute approximate surface area is 178 Å². The Kier molecular flexibility index (Phi) is 6.23. The van der Waals surface area contributed by atoms with Crippen molar-refractivity contribution < 1.29 is 26.0 Å². The molecule has 0 bridgehead atoms. The van der Waals surface area contributed by atoms with Gasteiger partial charge in [-0.2, -0.15) is 17.5 Å². The van der Waals surface area contributed by atoms with E-state index in [-0.39, 0.29) is 17.7 Å². The van der Waals surface area contributed by atoms with Crippen LogP contribution in [0, 0.1) is 5.92 Å². The zero-order valence-electron chi connectivity index (χ0n) is 16.9. The fourth-order valence-electron chi connectivity index (χ4n) is 3.30. The summed E-state index contributed by atoms with van der Waals surface area (Å²) in [6.07, 6.45) is -2.74. The van der Waals surface area contributed by atoms with Crippen molar-refractivity contribution in [2.24, 2.45) is 5.92 Å². The Morgan fingerprint density at radius 3 is 2.27 bits per heavy atom. The highest BCUT2D eigenvalue weighted by Gasteiger charge is 2.42. The Morgan fingerprint density at radius 2 is 1.80 bits per heavy atom. The standard InChI is InChI=1S/C19H23ClF3N3O3S/c1-10(2)16(18-25-24-17(29-18)12-5-6-12)26(11(3)4)30(27,28)15-8-7-13(9-14(15)20)19(21,22)23/h7-12,16H,5-6H2,1-4H3. The van der Waals surface area contributed by atoms with Gasteiger partial charge in [-0.15, -0.1) is 10.2 Å². The lowest BCUT2D eigenvalue weighted by Crippen LogP contribution is -2.42. The highest BCUT2D eigenvalue weighted by molar-refractivity contribution is 7.89. The maximum absolute atomic E-state index is 13.5. The van der Waals surface area contributed by atoms with Crippen molar-refractivity contribution in [2.45, 2.75) is 69.6 Å². The second-order valence-corrected chi connectivity index (χ2v) is 10.2. The van der Waals surface area contributed by atoms with Gasteiger partial charge in [-0.25, -0.2) is 8.42 Å². The van der Waals surface area contributed by atoms with Crippen molar-refractivity contribution in [1.29, 1.82) is 0 Å². The molecule has 11 heteroatoms. The first-order valence-electron chi connectivity index (χ1n) is 9.57. The number of aromatic nitrogens is 2. The summed E-state index contributed by atoms with van der Waals surface area (Å²) >= 11 is 6.00. The van der Waals surface area contributed by atoms with Gasteiger partial charge < -0.3 is 4.42 Å². The summed E-state index contributed by atoms with van der Waals surface area (Å²) in [7, 11) is -4.27. The van der Waals surface area contributed by atoms with Crippen molar-refractivity contribution >= 4 is 21.6 Å². The minimum Gasteiger partial charge on any atom is -0.423 e. The van der Waals surface area contributed by atoms with E-state index in [4.69, 9.17) is 16.0 Å². The van der Waals surface area contributed by atoms with Crippen LogP contribution < -0.4 is 0 Å². The number of rotatable bonds is 7. The maximum Gasteiger partial charge on any atom is 0.416 e. The SMILES string of the molecule is CC(C)C(c1nnc(C2CC2)o1)N(C(C)C)S(=O)(=O)c1ccc(C(F)(F)F)cc1Cl. The van der Waals surface area contributed by atoms with E-state index in [1.165, 1.54) is 4.31 Å². The average molecular weight is 466 g/mol. The molecule has 0 N–H and O–H groups in total. The third-order valence-corrected chi connectivity index (χ3v) is 7.41. The number of hydrogen-bond acceptors (Lipinski definition) is 5. The molecule has 30 heavy (non-hydrogen) atoms. The molecular formula is C19H23ClF3N3O3S. The van der Waals surface area contributed by atoms with Gasteiger partial charge in [0.05, 0.1) is 10.6 Å². The first kappa shape index (κ1) is 23.0. The second kappa shape index (κ2) is 8.12. The van der Waals surface area contributed by atoms with Gasteiger partial charge >= 0.3 is 6.18 Å². The molecule has 1 aliphatic carbocycles. The van der Waals surface area contributed by atoms with Crippen molar-refractivity contribution in [3.63, 3.8) is 0 Å². The largest absolute Gasteiger partial charge is 0.423 e. The molecular weight excluding hydrogens is 443 g/mol. The Bertz CT molecular complexity index is 1020. The number of nitrogens with zero attached hydrogens (tertiary/aromatic N) is 3. The van der Waals surface area contributed by atoms with E-state index in [1.54, 1.807) is 13.8 Å². The molecule has 0 aliphatic heterocycles. The lowest BCUT2D eigenvalue weighted by atomic mass is 10.0. The first-order chi connectivity index (χ1) is 13.8. The molecule has 6 nitrogen and oxygen atoms in total. The molecule has 0 radical (unpaired) electrons. The Morgan fingerprint density at radius 1 is 1.17 bits per heavy atom. The highest BCUT2D eigenvalue weighted by atomic mass is 35.5. The van der Waals surface area contributed by atoms with Gasteiger partial charge in [0, 0.05) is 12.0 Å². The van der Waals surface area contributed by atoms with Crippen LogP contribution in [0.15, 0.2) is 27.5 Å². The molecule has 1 aromatic carbocycles.